The van der Waals surface area contributed by atoms with E-state index in [-0.39, 0.29) is 11.8 Å². The summed E-state index contributed by atoms with van der Waals surface area (Å²) in [6.07, 6.45) is 7.22. The molecule has 0 bridgehead atoms. The minimum atomic E-state index is -0.755. The van der Waals surface area contributed by atoms with E-state index >= 15 is 0 Å². The van der Waals surface area contributed by atoms with Gasteiger partial charge in [0.2, 0.25) is 5.91 Å². The second kappa shape index (κ2) is 7.94. The number of hydrogen-bond donors (Lipinski definition) is 2. The standard InChI is InChI=1S/C17H24N6O3/c1-11(2)14(22-16(25)26-17(3,4)5)15(24)21-13-8-23(10-20-13)12-6-18-9-19-7-12/h6-11,14H,1-5H3,(H,21,24)(H,22,25). The number of nitrogens with zero attached hydrogens (tertiary/aromatic N) is 4. The zero-order valence-electron chi connectivity index (χ0n) is 15.6. The lowest BCUT2D eigenvalue weighted by Gasteiger charge is -2.24. The Hall–Kier alpha value is -2.97. The van der Waals surface area contributed by atoms with Crippen LogP contribution >= 0.6 is 0 Å². The van der Waals surface area contributed by atoms with Crippen LogP contribution in [0, 0.1) is 5.92 Å². The normalized spacial score (nSPS) is 12.5. The highest BCUT2D eigenvalue weighted by Gasteiger charge is 2.27. The third kappa shape index (κ3) is 5.54. The van der Waals surface area contributed by atoms with Crippen molar-refractivity contribution in [1.29, 1.82) is 0 Å². The Kier molecular flexibility index (Phi) is 5.91. The van der Waals surface area contributed by atoms with Gasteiger partial charge in [-0.15, -0.1) is 0 Å². The molecular formula is C17H24N6O3. The van der Waals surface area contributed by atoms with Crippen LogP contribution in [0.2, 0.25) is 0 Å². The van der Waals surface area contributed by atoms with E-state index in [1.807, 2.05) is 13.8 Å². The number of alkyl carbamates (subject to hydrolysis) is 1. The molecule has 0 aliphatic rings. The molecule has 2 N–H and O–H groups in total. The molecule has 2 aromatic heterocycles. The van der Waals surface area contributed by atoms with E-state index in [9.17, 15) is 9.59 Å². The average Bonchev–Trinajstić information content (AvgIpc) is 3.00. The molecule has 0 fully saturated rings. The third-order valence-corrected chi connectivity index (χ3v) is 3.30. The number of amides is 2. The van der Waals surface area contributed by atoms with Crippen molar-refractivity contribution >= 4 is 17.8 Å². The summed E-state index contributed by atoms with van der Waals surface area (Å²) < 4.78 is 6.90. The van der Waals surface area contributed by atoms with Crippen LogP contribution in [0.15, 0.2) is 31.2 Å². The van der Waals surface area contributed by atoms with Gasteiger partial charge in [-0.3, -0.25) is 4.79 Å². The van der Waals surface area contributed by atoms with Crippen molar-refractivity contribution < 1.29 is 14.3 Å². The van der Waals surface area contributed by atoms with E-state index in [4.69, 9.17) is 4.74 Å². The van der Waals surface area contributed by atoms with Crippen molar-refractivity contribution in [3.05, 3.63) is 31.2 Å². The number of rotatable bonds is 5. The van der Waals surface area contributed by atoms with Crippen molar-refractivity contribution in [3.8, 4) is 5.69 Å². The van der Waals surface area contributed by atoms with Gasteiger partial charge in [0.15, 0.2) is 5.82 Å². The van der Waals surface area contributed by atoms with Crippen LogP contribution in [-0.4, -0.2) is 43.2 Å². The van der Waals surface area contributed by atoms with Crippen LogP contribution in [0.3, 0.4) is 0 Å². The van der Waals surface area contributed by atoms with Crippen molar-refractivity contribution in [1.82, 2.24) is 24.8 Å². The van der Waals surface area contributed by atoms with Crippen molar-refractivity contribution in [2.75, 3.05) is 5.32 Å². The summed E-state index contributed by atoms with van der Waals surface area (Å²) in [5.74, 6) is -0.150. The minimum Gasteiger partial charge on any atom is -0.444 e. The molecule has 2 heterocycles. The van der Waals surface area contributed by atoms with Gasteiger partial charge >= 0.3 is 6.09 Å². The Balaban J connectivity index is 2.04. The molecule has 0 spiro atoms. The van der Waals surface area contributed by atoms with Gasteiger partial charge in [-0.05, 0) is 26.7 Å². The second-order valence-corrected chi connectivity index (χ2v) is 7.12. The third-order valence-electron chi connectivity index (χ3n) is 3.30. The van der Waals surface area contributed by atoms with E-state index in [1.54, 1.807) is 50.3 Å². The SMILES string of the molecule is CC(C)C(NC(=O)OC(C)(C)C)C(=O)Nc1cn(-c2cncnc2)cn1. The Morgan fingerprint density at radius 2 is 1.85 bits per heavy atom. The van der Waals surface area contributed by atoms with Crippen LogP contribution in [0.1, 0.15) is 34.6 Å². The highest BCUT2D eigenvalue weighted by molar-refractivity contribution is 5.96. The van der Waals surface area contributed by atoms with E-state index in [0.29, 0.717) is 11.5 Å². The largest absolute Gasteiger partial charge is 0.444 e. The van der Waals surface area contributed by atoms with Crippen LogP contribution in [0.25, 0.3) is 5.69 Å². The maximum Gasteiger partial charge on any atom is 0.408 e. The van der Waals surface area contributed by atoms with Crippen LogP contribution in [0.5, 0.6) is 0 Å². The van der Waals surface area contributed by atoms with Gasteiger partial charge in [-0.25, -0.2) is 19.7 Å². The number of imidazole rings is 1. The summed E-state index contributed by atoms with van der Waals surface area (Å²) in [7, 11) is 0. The zero-order valence-corrected chi connectivity index (χ0v) is 15.6. The number of ether oxygens (including phenoxy) is 1. The number of aromatic nitrogens is 4. The van der Waals surface area contributed by atoms with Gasteiger partial charge in [0.1, 0.15) is 24.3 Å². The lowest BCUT2D eigenvalue weighted by molar-refractivity contribution is -0.119. The smallest absolute Gasteiger partial charge is 0.408 e. The maximum atomic E-state index is 12.5. The molecule has 0 aromatic carbocycles. The van der Waals surface area contributed by atoms with Gasteiger partial charge in [0, 0.05) is 0 Å². The molecule has 0 radical (unpaired) electrons. The van der Waals surface area contributed by atoms with Crippen LogP contribution in [-0.2, 0) is 9.53 Å². The summed E-state index contributed by atoms with van der Waals surface area (Å²) >= 11 is 0. The van der Waals surface area contributed by atoms with Gasteiger partial charge < -0.3 is 19.9 Å². The fourth-order valence-corrected chi connectivity index (χ4v) is 2.13. The van der Waals surface area contributed by atoms with Crippen LogP contribution in [0.4, 0.5) is 10.6 Å². The predicted octanol–water partition coefficient (Wildman–Crippen LogP) is 2.15. The number of carbonyl (C=O) groups excluding carboxylic acids is 2. The lowest BCUT2D eigenvalue weighted by atomic mass is 10.0. The number of hydrogen-bond acceptors (Lipinski definition) is 6. The Labute approximate surface area is 152 Å². The lowest BCUT2D eigenvalue weighted by Crippen LogP contribution is -2.48. The number of nitrogens with one attached hydrogen (secondary N) is 2. The highest BCUT2D eigenvalue weighted by atomic mass is 16.6. The van der Waals surface area contributed by atoms with E-state index in [2.05, 4.69) is 25.6 Å². The van der Waals surface area contributed by atoms with E-state index < -0.39 is 17.7 Å². The first-order valence-electron chi connectivity index (χ1n) is 8.25. The number of anilines is 1. The molecule has 0 saturated carbocycles. The summed E-state index contributed by atoms with van der Waals surface area (Å²) in [5, 5.41) is 5.30. The average molecular weight is 360 g/mol. The number of carbonyl (C=O) groups is 2. The fraction of sp³-hybridized carbons (Fsp3) is 0.471. The summed E-state index contributed by atoms with van der Waals surface area (Å²) in [4.78, 5) is 36.5. The van der Waals surface area contributed by atoms with E-state index in [0.717, 1.165) is 0 Å². The molecule has 0 saturated heterocycles. The van der Waals surface area contributed by atoms with Gasteiger partial charge in [-0.1, -0.05) is 13.8 Å². The van der Waals surface area contributed by atoms with Crippen LogP contribution < -0.4 is 10.6 Å². The van der Waals surface area contributed by atoms with Gasteiger partial charge in [0.25, 0.3) is 0 Å². The molecule has 0 aliphatic heterocycles. The molecule has 140 valence electrons. The molecule has 2 amide bonds. The van der Waals surface area contributed by atoms with Crippen molar-refractivity contribution in [3.63, 3.8) is 0 Å². The molecule has 2 rings (SSSR count). The Morgan fingerprint density at radius 1 is 1.19 bits per heavy atom. The van der Waals surface area contributed by atoms with Crippen molar-refractivity contribution in [2.45, 2.75) is 46.3 Å². The minimum absolute atomic E-state index is 0.132. The van der Waals surface area contributed by atoms with Gasteiger partial charge in [0.05, 0.1) is 24.3 Å². The zero-order chi connectivity index (χ0) is 19.3. The fourth-order valence-electron chi connectivity index (χ4n) is 2.13. The monoisotopic (exact) mass is 360 g/mol. The molecule has 9 heteroatoms. The molecule has 2 aromatic rings. The molecule has 1 unspecified atom stereocenters. The molecule has 0 aliphatic carbocycles. The summed E-state index contributed by atoms with van der Waals surface area (Å²) in [6, 6.07) is -0.755. The first-order chi connectivity index (χ1) is 12.2. The molecule has 1 atom stereocenters. The second-order valence-electron chi connectivity index (χ2n) is 7.12. The van der Waals surface area contributed by atoms with Crippen molar-refractivity contribution in [2.24, 2.45) is 5.92 Å². The summed E-state index contributed by atoms with van der Waals surface area (Å²) in [5.41, 5.74) is 0.0753. The predicted molar refractivity (Wildman–Crippen MR) is 95.8 cm³/mol. The van der Waals surface area contributed by atoms with Gasteiger partial charge in [-0.2, -0.15) is 0 Å². The quantitative estimate of drug-likeness (QED) is 0.845. The molecular weight excluding hydrogens is 336 g/mol. The molecule has 9 nitrogen and oxygen atoms in total. The molecule has 26 heavy (non-hydrogen) atoms. The maximum absolute atomic E-state index is 12.5. The first-order valence-corrected chi connectivity index (χ1v) is 8.25. The summed E-state index contributed by atoms with van der Waals surface area (Å²) in [6.45, 7) is 8.95. The Bertz CT molecular complexity index is 751. The Morgan fingerprint density at radius 3 is 2.42 bits per heavy atom. The first kappa shape index (κ1) is 19.4. The topological polar surface area (TPSA) is 111 Å². The van der Waals surface area contributed by atoms with E-state index in [1.165, 1.54) is 6.33 Å². The highest BCUT2D eigenvalue weighted by Crippen LogP contribution is 2.12.